The summed E-state index contributed by atoms with van der Waals surface area (Å²) >= 11 is 1.84. The second-order valence-electron chi connectivity index (χ2n) is 8.53. The molecule has 1 aliphatic heterocycles. The van der Waals surface area contributed by atoms with Gasteiger partial charge in [0.15, 0.2) is 11.5 Å². The van der Waals surface area contributed by atoms with Crippen molar-refractivity contribution in [1.29, 1.82) is 0 Å². The lowest BCUT2D eigenvalue weighted by molar-refractivity contribution is -0.133. The van der Waals surface area contributed by atoms with Crippen molar-refractivity contribution in [3.8, 4) is 6.01 Å². The zero-order valence-corrected chi connectivity index (χ0v) is 21.5. The largest absolute Gasteiger partial charge is 0.461 e. The molecule has 12 nitrogen and oxygen atoms in total. The van der Waals surface area contributed by atoms with Crippen LogP contribution in [0.15, 0.2) is 29.1 Å². The molecule has 0 spiro atoms. The number of imidazole rings is 1. The topological polar surface area (TPSA) is 157 Å². The van der Waals surface area contributed by atoms with E-state index in [1.165, 1.54) is 4.57 Å². The lowest BCUT2D eigenvalue weighted by Gasteiger charge is -2.26. The predicted octanol–water partition coefficient (Wildman–Crippen LogP) is 0.747. The molecule has 4 rings (SSSR count). The number of aromatic nitrogens is 4. The number of nitrogens with one attached hydrogen (secondary N) is 2. The van der Waals surface area contributed by atoms with E-state index in [2.05, 4.69) is 20.3 Å². The van der Waals surface area contributed by atoms with Gasteiger partial charge in [0.25, 0.3) is 0 Å². The maximum Gasteiger partial charge on any atom is 0.328 e. The Labute approximate surface area is 217 Å². The van der Waals surface area contributed by atoms with Gasteiger partial charge in [0.1, 0.15) is 12.1 Å². The van der Waals surface area contributed by atoms with Crippen LogP contribution in [0, 0.1) is 0 Å². The van der Waals surface area contributed by atoms with Crippen LogP contribution in [0.25, 0.3) is 11.2 Å². The number of nitrogen functional groups attached to an aromatic ring is 1. The monoisotopic (exact) mass is 529 g/mol. The van der Waals surface area contributed by atoms with Crippen LogP contribution in [-0.2, 0) is 27.4 Å². The number of nitrogens with zero attached hydrogens (tertiary/aromatic N) is 4. The summed E-state index contributed by atoms with van der Waals surface area (Å²) in [5.74, 6) is 1.91. The van der Waals surface area contributed by atoms with Gasteiger partial charge < -0.3 is 30.4 Å². The fourth-order valence-electron chi connectivity index (χ4n) is 3.88. The molecule has 1 saturated heterocycles. The number of carbonyl (C=O) groups excluding carboxylic acids is 2. The molecule has 1 fully saturated rings. The van der Waals surface area contributed by atoms with Crippen LogP contribution < -0.4 is 21.5 Å². The van der Waals surface area contributed by atoms with Crippen LogP contribution in [0.4, 0.5) is 5.82 Å². The summed E-state index contributed by atoms with van der Waals surface area (Å²) < 4.78 is 11.9. The van der Waals surface area contributed by atoms with E-state index >= 15 is 0 Å². The van der Waals surface area contributed by atoms with Gasteiger partial charge in [-0.05, 0) is 11.1 Å². The van der Waals surface area contributed by atoms with E-state index in [1.54, 1.807) is 7.11 Å². The van der Waals surface area contributed by atoms with Crippen molar-refractivity contribution >= 4 is 40.6 Å². The normalized spacial score (nSPS) is 13.6. The summed E-state index contributed by atoms with van der Waals surface area (Å²) in [5.41, 5.74) is 8.09. The average molecular weight is 530 g/mol. The van der Waals surface area contributed by atoms with Gasteiger partial charge >= 0.3 is 11.7 Å². The van der Waals surface area contributed by atoms with Gasteiger partial charge in [-0.15, -0.1) is 0 Å². The molecule has 0 radical (unpaired) electrons. The van der Waals surface area contributed by atoms with Crippen LogP contribution in [0.1, 0.15) is 24.0 Å². The predicted molar refractivity (Wildman–Crippen MR) is 140 cm³/mol. The van der Waals surface area contributed by atoms with E-state index in [1.807, 2.05) is 40.9 Å². The highest BCUT2D eigenvalue weighted by Gasteiger charge is 2.18. The van der Waals surface area contributed by atoms with Crippen molar-refractivity contribution in [1.82, 2.24) is 29.7 Å². The fourth-order valence-corrected chi connectivity index (χ4v) is 4.79. The smallest absolute Gasteiger partial charge is 0.328 e. The quantitative estimate of drug-likeness (QED) is 0.305. The van der Waals surface area contributed by atoms with Crippen LogP contribution in [0.2, 0.25) is 0 Å². The lowest BCUT2D eigenvalue weighted by Crippen LogP contribution is -2.38. The molecule has 13 heteroatoms. The molecule has 3 aromatic rings. The van der Waals surface area contributed by atoms with Crippen molar-refractivity contribution < 1.29 is 19.1 Å². The SMILES string of the molecule is COCCOc1nc(N)c2[nH]c(=O)n(Cc3ccc(CNC(=O)CCC(=O)N4CCSCC4)cc3)c2n1. The second-order valence-corrected chi connectivity index (χ2v) is 9.76. The Morgan fingerprint density at radius 2 is 1.84 bits per heavy atom. The molecule has 4 N–H and O–H groups in total. The lowest BCUT2D eigenvalue weighted by atomic mass is 10.1. The first-order chi connectivity index (χ1) is 17.9. The number of aromatic amines is 1. The van der Waals surface area contributed by atoms with Crippen molar-refractivity contribution in [2.45, 2.75) is 25.9 Å². The number of fused-ring (bicyclic) bond motifs is 1. The standard InChI is InChI=1S/C24H31N7O5S/c1-35-10-11-36-23-28-21(25)20-22(29-23)31(24(34)27-20)15-17-4-2-16(3-5-17)14-26-18(32)6-7-19(33)30-8-12-37-13-9-30/h2-5H,6-15H2,1H3,(H,26,32)(H,27,34)(H2,25,28,29). The number of amides is 2. The summed E-state index contributed by atoms with van der Waals surface area (Å²) in [5, 5.41) is 2.86. The molecule has 0 aliphatic carbocycles. The Hall–Kier alpha value is -3.58. The fraction of sp³-hybridized carbons (Fsp3) is 0.458. The van der Waals surface area contributed by atoms with E-state index in [9.17, 15) is 14.4 Å². The maximum absolute atomic E-state index is 12.6. The minimum atomic E-state index is -0.362. The Morgan fingerprint density at radius 3 is 2.57 bits per heavy atom. The molecular weight excluding hydrogens is 498 g/mol. The highest BCUT2D eigenvalue weighted by molar-refractivity contribution is 7.99. The zero-order valence-electron chi connectivity index (χ0n) is 20.7. The first-order valence-electron chi connectivity index (χ1n) is 12.0. The molecule has 0 atom stereocenters. The van der Waals surface area contributed by atoms with E-state index in [0.717, 1.165) is 35.7 Å². The van der Waals surface area contributed by atoms with Crippen LogP contribution in [0.5, 0.6) is 6.01 Å². The number of anilines is 1. The zero-order chi connectivity index (χ0) is 26.2. The van der Waals surface area contributed by atoms with E-state index in [0.29, 0.717) is 24.3 Å². The molecule has 198 valence electrons. The number of thioether (sulfide) groups is 1. The number of ether oxygens (including phenoxy) is 2. The number of methoxy groups -OCH3 is 1. The third kappa shape index (κ3) is 7.01. The van der Waals surface area contributed by atoms with Crippen LogP contribution >= 0.6 is 11.8 Å². The minimum absolute atomic E-state index is 0.0352. The Bertz CT molecular complexity index is 1290. The highest BCUT2D eigenvalue weighted by Crippen LogP contribution is 2.19. The summed E-state index contributed by atoms with van der Waals surface area (Å²) in [6.07, 6.45) is 0.397. The molecular formula is C24H31N7O5S. The van der Waals surface area contributed by atoms with Gasteiger partial charge in [0, 0.05) is 51.1 Å². The van der Waals surface area contributed by atoms with Crippen molar-refractivity contribution in [3.05, 3.63) is 45.9 Å². The Balaban J connectivity index is 1.32. The maximum atomic E-state index is 12.6. The first-order valence-corrected chi connectivity index (χ1v) is 13.2. The first kappa shape index (κ1) is 26.5. The number of nitrogens with two attached hydrogens (primary N) is 1. The minimum Gasteiger partial charge on any atom is -0.461 e. The number of benzene rings is 1. The van der Waals surface area contributed by atoms with Crippen molar-refractivity contribution in [2.75, 3.05) is 50.7 Å². The van der Waals surface area contributed by atoms with Crippen LogP contribution in [-0.4, -0.2) is 81.2 Å². The molecule has 1 aromatic carbocycles. The average Bonchev–Trinajstić information content (AvgIpc) is 3.23. The Kier molecular flexibility index (Phi) is 9.01. The van der Waals surface area contributed by atoms with Gasteiger partial charge in [0.2, 0.25) is 11.8 Å². The van der Waals surface area contributed by atoms with Gasteiger partial charge in [-0.1, -0.05) is 24.3 Å². The molecule has 0 saturated carbocycles. The van der Waals surface area contributed by atoms with E-state index in [4.69, 9.17) is 15.2 Å². The number of hydrogen-bond donors (Lipinski definition) is 3. The number of rotatable bonds is 11. The third-order valence-corrected chi connectivity index (χ3v) is 6.87. The Morgan fingerprint density at radius 1 is 1.11 bits per heavy atom. The molecule has 0 bridgehead atoms. The molecule has 3 heterocycles. The summed E-state index contributed by atoms with van der Waals surface area (Å²) in [6, 6.07) is 7.59. The van der Waals surface area contributed by atoms with Crippen molar-refractivity contribution in [3.63, 3.8) is 0 Å². The molecule has 1 aliphatic rings. The van der Waals surface area contributed by atoms with Gasteiger partial charge in [-0.2, -0.15) is 21.7 Å². The van der Waals surface area contributed by atoms with Crippen LogP contribution in [0.3, 0.4) is 0 Å². The van der Waals surface area contributed by atoms with Gasteiger partial charge in [0.05, 0.1) is 13.2 Å². The third-order valence-electron chi connectivity index (χ3n) is 5.93. The highest BCUT2D eigenvalue weighted by atomic mass is 32.2. The number of H-pyrrole nitrogens is 1. The van der Waals surface area contributed by atoms with Crippen molar-refractivity contribution in [2.24, 2.45) is 0 Å². The molecule has 37 heavy (non-hydrogen) atoms. The molecule has 2 amide bonds. The number of hydrogen-bond acceptors (Lipinski definition) is 9. The van der Waals surface area contributed by atoms with E-state index in [-0.39, 0.29) is 55.3 Å². The van der Waals surface area contributed by atoms with Gasteiger partial charge in [-0.25, -0.2) is 4.79 Å². The number of carbonyl (C=O) groups is 2. The molecule has 0 unspecified atom stereocenters. The second kappa shape index (κ2) is 12.6. The van der Waals surface area contributed by atoms with E-state index < -0.39 is 0 Å². The molecule has 2 aromatic heterocycles. The summed E-state index contributed by atoms with van der Waals surface area (Å²) in [4.78, 5) is 50.0. The summed E-state index contributed by atoms with van der Waals surface area (Å²) in [7, 11) is 1.56. The summed E-state index contributed by atoms with van der Waals surface area (Å²) in [6.45, 7) is 2.74. The van der Waals surface area contributed by atoms with Gasteiger partial charge in [-0.3, -0.25) is 14.2 Å².